The fraction of sp³-hybridized carbons (Fsp3) is 0.483. The number of benzene rings is 1. The molecule has 2 unspecified atom stereocenters. The summed E-state index contributed by atoms with van der Waals surface area (Å²) in [6.45, 7) is 0.950. The quantitative estimate of drug-likeness (QED) is 0.205. The molecule has 46 heavy (non-hydrogen) atoms. The average molecular weight is 651 g/mol. The van der Waals surface area contributed by atoms with Gasteiger partial charge < -0.3 is 29.6 Å². The average Bonchev–Trinajstić information content (AvgIpc) is 3.57. The van der Waals surface area contributed by atoms with Crippen LogP contribution in [0.2, 0.25) is 0 Å². The number of esters is 3. The molecule has 0 bridgehead atoms. The number of rotatable bonds is 13. The smallest absolute Gasteiger partial charge is 0.401 e. The van der Waals surface area contributed by atoms with Gasteiger partial charge in [-0.05, 0) is 31.4 Å². The van der Waals surface area contributed by atoms with Crippen LogP contribution in [0.4, 0.5) is 19.0 Å². The van der Waals surface area contributed by atoms with Gasteiger partial charge in [0.05, 0.1) is 20.0 Å². The maximum absolute atomic E-state index is 13.1. The Hall–Kier alpha value is -4.64. The molecule has 3 heterocycles. The van der Waals surface area contributed by atoms with Crippen LogP contribution in [-0.2, 0) is 33.3 Å². The number of hydrogen-bond donors (Lipinski definition) is 2. The number of ether oxygens (including phenoxy) is 4. The molecule has 1 aliphatic rings. The molecule has 0 radical (unpaired) electrons. The van der Waals surface area contributed by atoms with Gasteiger partial charge in [-0.25, -0.2) is 15.0 Å². The van der Waals surface area contributed by atoms with Crippen molar-refractivity contribution in [1.29, 1.82) is 0 Å². The third-order valence-electron chi connectivity index (χ3n) is 7.06. The molecule has 17 heteroatoms. The van der Waals surface area contributed by atoms with Crippen LogP contribution in [0.5, 0.6) is 0 Å². The summed E-state index contributed by atoms with van der Waals surface area (Å²) in [5.41, 5.74) is 0.694. The molecule has 5 atom stereocenters. The van der Waals surface area contributed by atoms with Gasteiger partial charge in [0.2, 0.25) is 0 Å². The standard InChI is InChI=1S/C29H33F3N6O8/c1-16(39)44-23-20(12-19(33-13-29(30,31)32)10-7-11-21(41)43-3)46-28(24(23)45-17(2)40)38-15-36-22-25(34-14-35-26(22)38)37-27(42)18-8-5-4-6-9-18/h4-6,8-9,14-15,19-20,23-24,28,33H,7,10-13H2,1-3H3,(H,34,35,37,42)/t19-,20+,23?,24?,28+/m0/s1. The van der Waals surface area contributed by atoms with Gasteiger partial charge in [-0.3, -0.25) is 23.7 Å². The van der Waals surface area contributed by atoms with E-state index in [1.54, 1.807) is 30.3 Å². The summed E-state index contributed by atoms with van der Waals surface area (Å²) in [6.07, 6.45) is -6.65. The van der Waals surface area contributed by atoms with E-state index in [-0.39, 0.29) is 42.7 Å². The molecule has 1 fully saturated rings. The zero-order valence-electron chi connectivity index (χ0n) is 25.2. The summed E-state index contributed by atoms with van der Waals surface area (Å²) in [5.74, 6) is -2.38. The minimum absolute atomic E-state index is 0.0256. The largest absolute Gasteiger partial charge is 0.469 e. The molecule has 0 saturated carbocycles. The molecule has 248 valence electrons. The first-order chi connectivity index (χ1) is 21.9. The molecular weight excluding hydrogens is 617 g/mol. The summed E-state index contributed by atoms with van der Waals surface area (Å²) in [5, 5.41) is 5.12. The van der Waals surface area contributed by atoms with Crippen molar-refractivity contribution >= 4 is 40.8 Å². The van der Waals surface area contributed by atoms with Crippen molar-refractivity contribution < 1.29 is 51.3 Å². The van der Waals surface area contributed by atoms with E-state index in [1.165, 1.54) is 24.3 Å². The van der Waals surface area contributed by atoms with Crippen molar-refractivity contribution in [2.45, 2.75) is 76.3 Å². The van der Waals surface area contributed by atoms with Crippen LogP contribution >= 0.6 is 0 Å². The van der Waals surface area contributed by atoms with Gasteiger partial charge in [0.25, 0.3) is 5.91 Å². The Balaban J connectivity index is 1.65. The van der Waals surface area contributed by atoms with Crippen LogP contribution in [0.15, 0.2) is 43.0 Å². The van der Waals surface area contributed by atoms with E-state index in [1.807, 2.05) is 0 Å². The molecule has 2 aromatic heterocycles. The SMILES string of the molecule is COC(=O)CCC[C@@H](C[C@H]1O[C@@H](n2cnc3c(NC(=O)c4ccccc4)ncnc32)C(OC(C)=O)C1OC(C)=O)NCC(F)(F)F. The Morgan fingerprint density at radius 2 is 1.72 bits per heavy atom. The molecule has 4 rings (SSSR count). The van der Waals surface area contributed by atoms with E-state index in [9.17, 15) is 32.3 Å². The van der Waals surface area contributed by atoms with Crippen molar-refractivity contribution in [2.24, 2.45) is 0 Å². The van der Waals surface area contributed by atoms with Gasteiger partial charge in [-0.2, -0.15) is 13.2 Å². The number of carbonyl (C=O) groups is 4. The van der Waals surface area contributed by atoms with Crippen molar-refractivity contribution in [3.05, 3.63) is 48.5 Å². The highest BCUT2D eigenvalue weighted by atomic mass is 19.4. The fourth-order valence-corrected chi connectivity index (χ4v) is 5.11. The van der Waals surface area contributed by atoms with E-state index in [2.05, 4.69) is 30.3 Å². The van der Waals surface area contributed by atoms with Crippen LogP contribution in [0.1, 0.15) is 56.1 Å². The summed E-state index contributed by atoms with van der Waals surface area (Å²) in [6, 6.07) is 7.53. The Bertz CT molecular complexity index is 1540. The number of methoxy groups -OCH3 is 1. The van der Waals surface area contributed by atoms with Gasteiger partial charge in [0.1, 0.15) is 12.4 Å². The molecule has 1 saturated heterocycles. The third kappa shape index (κ3) is 8.97. The summed E-state index contributed by atoms with van der Waals surface area (Å²) in [4.78, 5) is 61.5. The van der Waals surface area contributed by atoms with E-state index in [4.69, 9.17) is 14.2 Å². The molecule has 14 nitrogen and oxygen atoms in total. The van der Waals surface area contributed by atoms with Crippen LogP contribution in [-0.4, -0.2) is 87.5 Å². The lowest BCUT2D eigenvalue weighted by Crippen LogP contribution is -2.43. The van der Waals surface area contributed by atoms with Crippen molar-refractivity contribution in [2.75, 3.05) is 19.0 Å². The Kier molecular flexibility index (Phi) is 11.2. The minimum Gasteiger partial charge on any atom is -0.469 e. The summed E-state index contributed by atoms with van der Waals surface area (Å²) >= 11 is 0. The molecule has 2 N–H and O–H groups in total. The molecule has 3 aromatic rings. The van der Waals surface area contributed by atoms with Crippen molar-refractivity contribution in [3.8, 4) is 0 Å². The normalized spacial score (nSPS) is 20.2. The maximum Gasteiger partial charge on any atom is 0.401 e. The predicted octanol–water partition coefficient (Wildman–Crippen LogP) is 3.09. The van der Waals surface area contributed by atoms with Crippen LogP contribution in [0.25, 0.3) is 11.2 Å². The third-order valence-corrected chi connectivity index (χ3v) is 7.06. The van der Waals surface area contributed by atoms with E-state index in [0.29, 0.717) is 5.56 Å². The second-order valence-corrected chi connectivity index (χ2v) is 10.5. The number of amides is 1. The first-order valence-electron chi connectivity index (χ1n) is 14.3. The summed E-state index contributed by atoms with van der Waals surface area (Å²) < 4.78 is 62.8. The van der Waals surface area contributed by atoms with Gasteiger partial charge >= 0.3 is 24.1 Å². The second-order valence-electron chi connectivity index (χ2n) is 10.5. The number of nitrogens with one attached hydrogen (secondary N) is 2. The number of imidazole rings is 1. The summed E-state index contributed by atoms with van der Waals surface area (Å²) in [7, 11) is 1.21. The molecule has 0 aliphatic carbocycles. The first kappa shape index (κ1) is 34.2. The van der Waals surface area contributed by atoms with Gasteiger partial charge in [-0.15, -0.1) is 0 Å². The minimum atomic E-state index is -4.53. The highest BCUT2D eigenvalue weighted by molar-refractivity contribution is 6.06. The number of aromatic nitrogens is 4. The predicted molar refractivity (Wildman–Crippen MR) is 153 cm³/mol. The highest BCUT2D eigenvalue weighted by Crippen LogP contribution is 2.38. The van der Waals surface area contributed by atoms with Crippen LogP contribution < -0.4 is 10.6 Å². The van der Waals surface area contributed by atoms with E-state index < -0.39 is 67.1 Å². The Morgan fingerprint density at radius 1 is 1.02 bits per heavy atom. The molecule has 1 aromatic carbocycles. The topological polar surface area (TPSA) is 173 Å². The lowest BCUT2D eigenvalue weighted by atomic mass is 9.98. The number of hydrogen-bond acceptors (Lipinski definition) is 12. The number of anilines is 1. The monoisotopic (exact) mass is 650 g/mol. The first-order valence-corrected chi connectivity index (χ1v) is 14.3. The number of nitrogens with zero attached hydrogens (tertiary/aromatic N) is 4. The van der Waals surface area contributed by atoms with Gasteiger partial charge in [-0.1, -0.05) is 18.2 Å². The number of carbonyl (C=O) groups excluding carboxylic acids is 4. The van der Waals surface area contributed by atoms with E-state index in [0.717, 1.165) is 13.8 Å². The Labute approximate surface area is 261 Å². The van der Waals surface area contributed by atoms with Crippen LogP contribution in [0, 0.1) is 0 Å². The number of halogens is 3. The zero-order chi connectivity index (χ0) is 33.4. The molecular formula is C29H33F3N6O8. The molecule has 1 amide bonds. The molecule has 0 spiro atoms. The lowest BCUT2D eigenvalue weighted by molar-refractivity contribution is -0.165. The molecule has 1 aliphatic heterocycles. The van der Waals surface area contributed by atoms with Gasteiger partial charge in [0.15, 0.2) is 35.4 Å². The van der Waals surface area contributed by atoms with Crippen molar-refractivity contribution in [3.63, 3.8) is 0 Å². The van der Waals surface area contributed by atoms with Crippen molar-refractivity contribution in [1.82, 2.24) is 24.8 Å². The fourth-order valence-electron chi connectivity index (χ4n) is 5.11. The van der Waals surface area contributed by atoms with Gasteiger partial charge in [0, 0.05) is 31.9 Å². The maximum atomic E-state index is 13.1. The zero-order valence-corrected chi connectivity index (χ0v) is 25.2. The second kappa shape index (κ2) is 15.1. The lowest BCUT2D eigenvalue weighted by Gasteiger charge is -2.26. The highest BCUT2D eigenvalue weighted by Gasteiger charge is 2.51. The van der Waals surface area contributed by atoms with Crippen LogP contribution in [0.3, 0.4) is 0 Å². The Morgan fingerprint density at radius 3 is 2.37 bits per heavy atom. The van der Waals surface area contributed by atoms with E-state index >= 15 is 0 Å². The number of fused-ring (bicyclic) bond motifs is 1. The number of alkyl halides is 3.